The summed E-state index contributed by atoms with van der Waals surface area (Å²) in [5, 5.41) is 8.93. The zero-order chi connectivity index (χ0) is 13.2. The Morgan fingerprint density at radius 2 is 2.22 bits per heavy atom. The van der Waals surface area contributed by atoms with Gasteiger partial charge in [0.1, 0.15) is 0 Å². The second-order valence-corrected chi connectivity index (χ2v) is 4.29. The van der Waals surface area contributed by atoms with Gasteiger partial charge >= 0.3 is 0 Å². The van der Waals surface area contributed by atoms with Crippen LogP contribution in [0.25, 0.3) is 0 Å². The number of ether oxygens (including phenoxy) is 1. The summed E-state index contributed by atoms with van der Waals surface area (Å²) >= 11 is 0. The maximum atomic E-state index is 11.4. The maximum Gasteiger partial charge on any atom is 0.239 e. The summed E-state index contributed by atoms with van der Waals surface area (Å²) in [6.45, 7) is 4.55. The van der Waals surface area contributed by atoms with E-state index in [4.69, 9.17) is 4.74 Å². The number of guanidine groups is 1. The van der Waals surface area contributed by atoms with Crippen molar-refractivity contribution in [2.45, 2.75) is 32.3 Å². The van der Waals surface area contributed by atoms with Gasteiger partial charge in [-0.15, -0.1) is 0 Å². The summed E-state index contributed by atoms with van der Waals surface area (Å²) in [7, 11) is 1.69. The molecule has 6 nitrogen and oxygen atoms in total. The van der Waals surface area contributed by atoms with Gasteiger partial charge in [-0.2, -0.15) is 0 Å². The van der Waals surface area contributed by atoms with E-state index in [2.05, 4.69) is 20.9 Å². The minimum absolute atomic E-state index is 0.0167. The number of carbonyl (C=O) groups excluding carboxylic acids is 1. The van der Waals surface area contributed by atoms with Crippen LogP contribution in [0.4, 0.5) is 0 Å². The molecule has 1 rings (SSSR count). The quantitative estimate of drug-likeness (QED) is 0.457. The van der Waals surface area contributed by atoms with Gasteiger partial charge in [0.2, 0.25) is 5.91 Å². The minimum atomic E-state index is -0.0167. The molecule has 1 heterocycles. The highest BCUT2D eigenvalue weighted by Gasteiger charge is 2.15. The molecular formula is C12H24N4O2. The first-order valence-electron chi connectivity index (χ1n) is 6.59. The molecule has 0 saturated carbocycles. The molecule has 18 heavy (non-hydrogen) atoms. The lowest BCUT2D eigenvalue weighted by atomic mass is 10.2. The molecule has 0 radical (unpaired) electrons. The molecule has 1 saturated heterocycles. The normalized spacial score (nSPS) is 19.7. The molecule has 1 fully saturated rings. The Labute approximate surface area is 109 Å². The van der Waals surface area contributed by atoms with Gasteiger partial charge in [0.15, 0.2) is 5.96 Å². The average molecular weight is 256 g/mol. The van der Waals surface area contributed by atoms with Crippen LogP contribution in [0.1, 0.15) is 26.2 Å². The van der Waals surface area contributed by atoms with Crippen LogP contribution in [0.15, 0.2) is 4.99 Å². The minimum Gasteiger partial charge on any atom is -0.376 e. The molecule has 1 aliphatic heterocycles. The third-order valence-corrected chi connectivity index (χ3v) is 2.73. The molecule has 3 N–H and O–H groups in total. The van der Waals surface area contributed by atoms with E-state index in [-0.39, 0.29) is 18.6 Å². The Morgan fingerprint density at radius 1 is 1.39 bits per heavy atom. The lowest BCUT2D eigenvalue weighted by Gasteiger charge is -2.14. The predicted molar refractivity (Wildman–Crippen MR) is 71.6 cm³/mol. The summed E-state index contributed by atoms with van der Waals surface area (Å²) in [6, 6.07) is 0. The largest absolute Gasteiger partial charge is 0.376 e. The SMILES string of the molecule is CCCNC(=O)CNC(=NC)NCC1CCCO1. The molecule has 6 heteroatoms. The summed E-state index contributed by atoms with van der Waals surface area (Å²) in [6.07, 6.45) is 3.41. The third-order valence-electron chi connectivity index (χ3n) is 2.73. The smallest absolute Gasteiger partial charge is 0.239 e. The van der Waals surface area contributed by atoms with Crippen molar-refractivity contribution >= 4 is 11.9 Å². The fourth-order valence-corrected chi connectivity index (χ4v) is 1.73. The van der Waals surface area contributed by atoms with Crippen molar-refractivity contribution < 1.29 is 9.53 Å². The molecule has 1 aliphatic rings. The van der Waals surface area contributed by atoms with Gasteiger partial charge < -0.3 is 20.7 Å². The maximum absolute atomic E-state index is 11.4. The molecule has 0 bridgehead atoms. The van der Waals surface area contributed by atoms with Gasteiger partial charge in [-0.1, -0.05) is 6.92 Å². The Morgan fingerprint density at radius 3 is 2.83 bits per heavy atom. The molecule has 104 valence electrons. The standard InChI is InChI=1S/C12H24N4O2/c1-3-6-14-11(17)9-16-12(13-2)15-8-10-5-4-7-18-10/h10H,3-9H2,1-2H3,(H,14,17)(H2,13,15,16). The number of hydrogen-bond acceptors (Lipinski definition) is 3. The van der Waals surface area contributed by atoms with E-state index in [9.17, 15) is 4.79 Å². The van der Waals surface area contributed by atoms with E-state index in [0.29, 0.717) is 12.5 Å². The monoisotopic (exact) mass is 256 g/mol. The van der Waals surface area contributed by atoms with Crippen molar-refractivity contribution in [3.8, 4) is 0 Å². The van der Waals surface area contributed by atoms with Gasteiger partial charge in [0, 0.05) is 26.7 Å². The van der Waals surface area contributed by atoms with Gasteiger partial charge in [-0.3, -0.25) is 9.79 Å². The predicted octanol–water partition coefficient (Wildman–Crippen LogP) is -0.143. The van der Waals surface area contributed by atoms with E-state index in [1.165, 1.54) is 0 Å². The number of nitrogens with zero attached hydrogens (tertiary/aromatic N) is 1. The molecule has 1 atom stereocenters. The topological polar surface area (TPSA) is 74.8 Å². The number of amides is 1. The first kappa shape index (κ1) is 14.8. The summed E-state index contributed by atoms with van der Waals surface area (Å²) in [5.41, 5.74) is 0. The Bertz CT molecular complexity index is 275. The van der Waals surface area contributed by atoms with Gasteiger partial charge in [0.25, 0.3) is 0 Å². The van der Waals surface area contributed by atoms with Crippen molar-refractivity contribution in [3.63, 3.8) is 0 Å². The van der Waals surface area contributed by atoms with E-state index < -0.39 is 0 Å². The summed E-state index contributed by atoms with van der Waals surface area (Å²) < 4.78 is 5.50. The fraction of sp³-hybridized carbons (Fsp3) is 0.833. The number of aliphatic imine (C=N–C) groups is 1. The second-order valence-electron chi connectivity index (χ2n) is 4.29. The summed E-state index contributed by atoms with van der Waals surface area (Å²) in [5.74, 6) is 0.620. The average Bonchev–Trinajstić information content (AvgIpc) is 2.89. The lowest BCUT2D eigenvalue weighted by Crippen LogP contribution is -2.45. The molecule has 0 aromatic rings. The molecular weight excluding hydrogens is 232 g/mol. The molecule has 1 unspecified atom stereocenters. The number of nitrogens with one attached hydrogen (secondary N) is 3. The Hall–Kier alpha value is -1.30. The number of carbonyl (C=O) groups is 1. The third kappa shape index (κ3) is 5.86. The van der Waals surface area contributed by atoms with Crippen LogP contribution >= 0.6 is 0 Å². The molecule has 0 spiro atoms. The van der Waals surface area contributed by atoms with Crippen molar-refractivity contribution in [1.82, 2.24) is 16.0 Å². The lowest BCUT2D eigenvalue weighted by molar-refractivity contribution is -0.120. The molecule has 0 aromatic heterocycles. The van der Waals surface area contributed by atoms with Crippen molar-refractivity contribution in [2.24, 2.45) is 4.99 Å². The van der Waals surface area contributed by atoms with Crippen LogP contribution in [0.2, 0.25) is 0 Å². The van der Waals surface area contributed by atoms with Crippen LogP contribution in [0.3, 0.4) is 0 Å². The van der Waals surface area contributed by atoms with E-state index in [1.807, 2.05) is 6.92 Å². The zero-order valence-electron chi connectivity index (χ0n) is 11.3. The second kappa shape index (κ2) is 8.74. The van der Waals surface area contributed by atoms with Gasteiger partial charge in [-0.05, 0) is 19.3 Å². The van der Waals surface area contributed by atoms with Crippen molar-refractivity contribution in [2.75, 3.05) is 33.3 Å². The number of hydrogen-bond donors (Lipinski definition) is 3. The Kier molecular flexibility index (Phi) is 7.17. The molecule has 0 aliphatic carbocycles. The van der Waals surface area contributed by atoms with Crippen molar-refractivity contribution in [3.05, 3.63) is 0 Å². The first-order chi connectivity index (χ1) is 8.76. The van der Waals surface area contributed by atoms with Crippen molar-refractivity contribution in [1.29, 1.82) is 0 Å². The van der Waals surface area contributed by atoms with Crippen LogP contribution in [-0.4, -0.2) is 51.3 Å². The Balaban J connectivity index is 2.14. The molecule has 1 amide bonds. The zero-order valence-corrected chi connectivity index (χ0v) is 11.3. The van der Waals surface area contributed by atoms with E-state index >= 15 is 0 Å². The molecule has 0 aromatic carbocycles. The van der Waals surface area contributed by atoms with Crippen LogP contribution in [-0.2, 0) is 9.53 Å². The number of rotatable bonds is 6. The highest BCUT2D eigenvalue weighted by Crippen LogP contribution is 2.10. The van der Waals surface area contributed by atoms with Crippen LogP contribution in [0.5, 0.6) is 0 Å². The highest BCUT2D eigenvalue weighted by molar-refractivity contribution is 5.86. The fourth-order valence-electron chi connectivity index (χ4n) is 1.73. The van der Waals surface area contributed by atoms with Crippen LogP contribution in [0, 0.1) is 0 Å². The highest BCUT2D eigenvalue weighted by atomic mass is 16.5. The van der Waals surface area contributed by atoms with Gasteiger partial charge in [0.05, 0.1) is 12.6 Å². The van der Waals surface area contributed by atoms with Gasteiger partial charge in [-0.25, -0.2) is 0 Å². The van der Waals surface area contributed by atoms with E-state index in [1.54, 1.807) is 7.05 Å². The first-order valence-corrected chi connectivity index (χ1v) is 6.59. The summed E-state index contributed by atoms with van der Waals surface area (Å²) in [4.78, 5) is 15.5. The van der Waals surface area contributed by atoms with E-state index in [0.717, 1.165) is 32.4 Å². The van der Waals surface area contributed by atoms with Crippen LogP contribution < -0.4 is 16.0 Å².